The first-order valence-corrected chi connectivity index (χ1v) is 11.7. The topological polar surface area (TPSA) is 69.2 Å². The van der Waals surface area contributed by atoms with E-state index in [1.54, 1.807) is 6.07 Å². The predicted molar refractivity (Wildman–Crippen MR) is 115 cm³/mol. The number of anilines is 1. The van der Waals surface area contributed by atoms with E-state index in [2.05, 4.69) is 15.0 Å². The SMILES string of the molecule is Nc1ncc(-c2cc([C@@H]3CC4C[C@H]3CC4N3CCCOCC3)n(CC(F)F)n2)cc1C(F)(F)F. The average molecular weight is 486 g/mol. The molecule has 0 amide bonds. The third-order valence-electron chi connectivity index (χ3n) is 7.57. The minimum absolute atomic E-state index is 0.0632. The maximum absolute atomic E-state index is 13.3. The van der Waals surface area contributed by atoms with Crippen LogP contribution in [0, 0.1) is 11.8 Å². The molecule has 1 aliphatic heterocycles. The van der Waals surface area contributed by atoms with Crippen molar-refractivity contribution in [2.45, 2.75) is 56.8 Å². The summed E-state index contributed by atoms with van der Waals surface area (Å²) in [5.74, 6) is 0.256. The maximum atomic E-state index is 13.3. The zero-order valence-corrected chi connectivity index (χ0v) is 18.6. The van der Waals surface area contributed by atoms with Crippen LogP contribution in [0.2, 0.25) is 0 Å². The molecule has 0 radical (unpaired) electrons. The molecule has 2 aromatic rings. The number of aromatic nitrogens is 3. The molecule has 2 bridgehead atoms. The lowest BCUT2D eigenvalue weighted by Gasteiger charge is -2.36. The van der Waals surface area contributed by atoms with Crippen LogP contribution in [0.25, 0.3) is 11.3 Å². The molecule has 2 N–H and O–H groups in total. The monoisotopic (exact) mass is 485 g/mol. The van der Waals surface area contributed by atoms with Gasteiger partial charge in [0.1, 0.15) is 12.4 Å². The maximum Gasteiger partial charge on any atom is 0.419 e. The van der Waals surface area contributed by atoms with E-state index in [0.717, 1.165) is 58.1 Å². The Kier molecular flexibility index (Phi) is 6.26. The summed E-state index contributed by atoms with van der Waals surface area (Å²) < 4.78 is 73.5. The largest absolute Gasteiger partial charge is 0.419 e. The highest BCUT2D eigenvalue weighted by Crippen LogP contribution is 2.54. The Labute approximate surface area is 194 Å². The molecule has 186 valence electrons. The van der Waals surface area contributed by atoms with E-state index < -0.39 is 30.5 Å². The summed E-state index contributed by atoms with van der Waals surface area (Å²) in [5.41, 5.74) is 5.35. The summed E-state index contributed by atoms with van der Waals surface area (Å²) in [7, 11) is 0. The van der Waals surface area contributed by atoms with Crippen molar-refractivity contribution in [1.29, 1.82) is 0 Å². The first-order chi connectivity index (χ1) is 16.2. The van der Waals surface area contributed by atoms with Gasteiger partial charge in [-0.3, -0.25) is 9.58 Å². The van der Waals surface area contributed by atoms with Crippen LogP contribution >= 0.6 is 0 Å². The van der Waals surface area contributed by atoms with Crippen molar-refractivity contribution in [2.24, 2.45) is 11.8 Å². The second-order valence-corrected chi connectivity index (χ2v) is 9.59. The van der Waals surface area contributed by atoms with E-state index in [1.807, 2.05) is 0 Å². The van der Waals surface area contributed by atoms with Gasteiger partial charge in [0.25, 0.3) is 6.43 Å². The van der Waals surface area contributed by atoms with Gasteiger partial charge >= 0.3 is 6.18 Å². The van der Waals surface area contributed by atoms with Gasteiger partial charge in [-0.1, -0.05) is 0 Å². The van der Waals surface area contributed by atoms with Crippen molar-refractivity contribution in [1.82, 2.24) is 19.7 Å². The molecule has 2 aromatic heterocycles. The number of nitrogens with two attached hydrogens (primary N) is 1. The Morgan fingerprint density at radius 1 is 1.09 bits per heavy atom. The van der Waals surface area contributed by atoms with Gasteiger partial charge in [0, 0.05) is 49.1 Å². The molecule has 2 aliphatic carbocycles. The molecule has 34 heavy (non-hydrogen) atoms. The molecule has 2 unspecified atom stereocenters. The van der Waals surface area contributed by atoms with Crippen LogP contribution in [0.15, 0.2) is 18.3 Å². The Bertz CT molecular complexity index is 1020. The van der Waals surface area contributed by atoms with E-state index in [0.29, 0.717) is 23.6 Å². The summed E-state index contributed by atoms with van der Waals surface area (Å²) in [6, 6.07) is 3.03. The summed E-state index contributed by atoms with van der Waals surface area (Å²) >= 11 is 0. The summed E-state index contributed by atoms with van der Waals surface area (Å²) in [6.45, 7) is 2.85. The van der Waals surface area contributed by atoms with Crippen LogP contribution in [0.5, 0.6) is 0 Å². The van der Waals surface area contributed by atoms with Gasteiger partial charge < -0.3 is 10.5 Å². The van der Waals surface area contributed by atoms with Gasteiger partial charge in [-0.15, -0.1) is 0 Å². The molecule has 5 rings (SSSR count). The van der Waals surface area contributed by atoms with Crippen molar-refractivity contribution in [3.05, 3.63) is 29.6 Å². The Morgan fingerprint density at radius 2 is 1.91 bits per heavy atom. The fraction of sp³-hybridized carbons (Fsp3) is 0.652. The third kappa shape index (κ3) is 4.51. The number of nitrogen functional groups attached to an aromatic ring is 1. The van der Waals surface area contributed by atoms with E-state index >= 15 is 0 Å². The first kappa shape index (κ1) is 23.5. The highest BCUT2D eigenvalue weighted by Gasteiger charge is 2.49. The number of halogens is 5. The number of hydrogen-bond donors (Lipinski definition) is 1. The molecule has 11 heteroatoms. The highest BCUT2D eigenvalue weighted by atomic mass is 19.4. The summed E-state index contributed by atoms with van der Waals surface area (Å²) in [6.07, 6.45) is -2.17. The zero-order valence-electron chi connectivity index (χ0n) is 18.6. The Balaban J connectivity index is 1.41. The van der Waals surface area contributed by atoms with Crippen LogP contribution in [0.3, 0.4) is 0 Å². The number of ether oxygens (including phenoxy) is 1. The van der Waals surface area contributed by atoms with Gasteiger partial charge in [0.15, 0.2) is 0 Å². The van der Waals surface area contributed by atoms with Crippen molar-refractivity contribution in [3.8, 4) is 11.3 Å². The summed E-state index contributed by atoms with van der Waals surface area (Å²) in [5, 5.41) is 4.28. The minimum Gasteiger partial charge on any atom is -0.383 e. The lowest BCUT2D eigenvalue weighted by molar-refractivity contribution is -0.137. The van der Waals surface area contributed by atoms with E-state index in [-0.39, 0.29) is 17.2 Å². The lowest BCUT2D eigenvalue weighted by Crippen LogP contribution is -2.41. The van der Waals surface area contributed by atoms with Gasteiger partial charge in [0.2, 0.25) is 0 Å². The Morgan fingerprint density at radius 3 is 2.62 bits per heavy atom. The molecule has 3 heterocycles. The molecule has 4 atom stereocenters. The molecule has 0 spiro atoms. The smallest absolute Gasteiger partial charge is 0.383 e. The molecule has 3 aliphatic rings. The van der Waals surface area contributed by atoms with Crippen LogP contribution < -0.4 is 5.73 Å². The third-order valence-corrected chi connectivity index (χ3v) is 7.57. The van der Waals surface area contributed by atoms with Crippen LogP contribution in [0.1, 0.15) is 42.9 Å². The second kappa shape index (κ2) is 9.07. The number of pyridine rings is 1. The number of fused-ring (bicyclic) bond motifs is 2. The van der Waals surface area contributed by atoms with Crippen molar-refractivity contribution in [3.63, 3.8) is 0 Å². The fourth-order valence-corrected chi connectivity index (χ4v) is 6.14. The van der Waals surface area contributed by atoms with Crippen molar-refractivity contribution in [2.75, 3.05) is 32.0 Å². The molecule has 3 fully saturated rings. The first-order valence-electron chi connectivity index (χ1n) is 11.7. The van der Waals surface area contributed by atoms with E-state index in [1.165, 1.54) is 10.9 Å². The molecule has 2 saturated carbocycles. The van der Waals surface area contributed by atoms with Gasteiger partial charge in [-0.05, 0) is 49.7 Å². The second-order valence-electron chi connectivity index (χ2n) is 9.59. The van der Waals surface area contributed by atoms with E-state index in [9.17, 15) is 22.0 Å². The minimum atomic E-state index is -4.67. The normalized spacial score (nSPS) is 28.1. The fourth-order valence-electron chi connectivity index (χ4n) is 6.14. The quantitative estimate of drug-likeness (QED) is 0.636. The van der Waals surface area contributed by atoms with Crippen LogP contribution in [-0.2, 0) is 17.5 Å². The van der Waals surface area contributed by atoms with Gasteiger partial charge in [-0.25, -0.2) is 13.8 Å². The molecular weight excluding hydrogens is 457 g/mol. The Hall–Kier alpha value is -2.27. The number of hydrogen-bond acceptors (Lipinski definition) is 5. The van der Waals surface area contributed by atoms with Gasteiger partial charge in [0.05, 0.1) is 17.9 Å². The van der Waals surface area contributed by atoms with Crippen molar-refractivity contribution < 1.29 is 26.7 Å². The highest BCUT2D eigenvalue weighted by molar-refractivity contribution is 5.62. The zero-order chi connectivity index (χ0) is 24.0. The lowest BCUT2D eigenvalue weighted by atomic mass is 9.83. The molecule has 0 aromatic carbocycles. The number of nitrogens with zero attached hydrogens (tertiary/aromatic N) is 4. The van der Waals surface area contributed by atoms with Gasteiger partial charge in [-0.2, -0.15) is 18.3 Å². The number of alkyl halides is 5. The van der Waals surface area contributed by atoms with E-state index in [4.69, 9.17) is 10.5 Å². The standard InChI is InChI=1S/C23H28F5N5O/c24-21(25)12-33-20(10-18(31-33)15-8-17(23(26,27)28)22(29)30-11-15)16-7-14-6-13(16)9-19(14)32-2-1-4-34-5-3-32/h8,10-11,13-14,16,19,21H,1-7,9,12H2,(H2,29,30)/t13-,14?,16+,19?/m0/s1. The van der Waals surface area contributed by atoms with Crippen LogP contribution in [0.4, 0.5) is 27.8 Å². The average Bonchev–Trinajstić information content (AvgIpc) is 3.41. The number of rotatable bonds is 5. The van der Waals surface area contributed by atoms with Crippen LogP contribution in [-0.4, -0.2) is 58.4 Å². The summed E-state index contributed by atoms with van der Waals surface area (Å²) in [4.78, 5) is 6.18. The predicted octanol–water partition coefficient (Wildman–Crippen LogP) is 4.42. The molecule has 1 saturated heterocycles. The van der Waals surface area contributed by atoms with Crippen molar-refractivity contribution >= 4 is 5.82 Å². The molecule has 6 nitrogen and oxygen atoms in total. The molecular formula is C23H28F5N5O.